The van der Waals surface area contributed by atoms with Gasteiger partial charge in [-0.25, -0.2) is 0 Å². The molecule has 4 nitrogen and oxygen atoms in total. The zero-order valence-electron chi connectivity index (χ0n) is 16.4. The minimum atomic E-state index is -0.0149. The quantitative estimate of drug-likeness (QED) is 0.750. The van der Waals surface area contributed by atoms with E-state index in [0.717, 1.165) is 31.7 Å². The van der Waals surface area contributed by atoms with Gasteiger partial charge in [0.1, 0.15) is 0 Å². The lowest BCUT2D eigenvalue weighted by molar-refractivity contribution is 0.0930. The monoisotopic (exact) mass is 353 g/mol. The summed E-state index contributed by atoms with van der Waals surface area (Å²) in [6, 6.07) is 18.3. The zero-order valence-corrected chi connectivity index (χ0v) is 16.4. The van der Waals surface area contributed by atoms with Gasteiger partial charge in [0.25, 0.3) is 5.91 Å². The van der Waals surface area contributed by atoms with Gasteiger partial charge in [-0.1, -0.05) is 30.3 Å². The summed E-state index contributed by atoms with van der Waals surface area (Å²) in [5, 5.41) is 3.20. The van der Waals surface area contributed by atoms with Gasteiger partial charge in [-0.2, -0.15) is 0 Å². The molecule has 1 N–H and O–H groups in total. The molecular weight excluding hydrogens is 322 g/mol. The summed E-state index contributed by atoms with van der Waals surface area (Å²) in [6.07, 6.45) is 0.822. The van der Waals surface area contributed by atoms with Gasteiger partial charge in [-0.05, 0) is 64.2 Å². The van der Waals surface area contributed by atoms with Crippen LogP contribution in [0.2, 0.25) is 0 Å². The fraction of sp³-hybridized carbons (Fsp3) is 0.409. The van der Waals surface area contributed by atoms with Crippen LogP contribution in [0.1, 0.15) is 29.8 Å². The Kier molecular flexibility index (Phi) is 7.67. The number of nitrogens with one attached hydrogen (secondary N) is 1. The molecule has 0 saturated heterocycles. The minimum absolute atomic E-state index is 0.0149. The van der Waals surface area contributed by atoms with E-state index in [-0.39, 0.29) is 11.9 Å². The average molecular weight is 354 g/mol. The van der Waals surface area contributed by atoms with Gasteiger partial charge >= 0.3 is 0 Å². The summed E-state index contributed by atoms with van der Waals surface area (Å²) in [7, 11) is 4.06. The number of nitrogens with zero attached hydrogens (tertiary/aromatic N) is 2. The van der Waals surface area contributed by atoms with Crippen molar-refractivity contribution in [3.05, 3.63) is 65.7 Å². The summed E-state index contributed by atoms with van der Waals surface area (Å²) in [5.74, 6) is -0.0149. The predicted octanol–water partition coefficient (Wildman–Crippen LogP) is 3.44. The van der Waals surface area contributed by atoms with Crippen LogP contribution in [0.25, 0.3) is 0 Å². The molecule has 0 aromatic heterocycles. The highest BCUT2D eigenvalue weighted by Gasteiger charge is 2.15. The van der Waals surface area contributed by atoms with E-state index in [0.29, 0.717) is 5.56 Å². The van der Waals surface area contributed by atoms with E-state index >= 15 is 0 Å². The van der Waals surface area contributed by atoms with E-state index in [1.807, 2.05) is 56.6 Å². The van der Waals surface area contributed by atoms with Gasteiger partial charge in [-0.3, -0.25) is 4.79 Å². The number of rotatable bonds is 9. The smallest absolute Gasteiger partial charge is 0.251 e. The maximum atomic E-state index is 12.7. The number of likely N-dealkylation sites (N-methyl/N-ethyl adjacent to an activating group) is 1. The van der Waals surface area contributed by atoms with E-state index in [1.54, 1.807) is 0 Å². The van der Waals surface area contributed by atoms with Gasteiger partial charge in [-0.15, -0.1) is 0 Å². The van der Waals surface area contributed by atoms with Crippen molar-refractivity contribution in [3.8, 4) is 0 Å². The van der Waals surface area contributed by atoms with Crippen LogP contribution in [0.3, 0.4) is 0 Å². The molecule has 2 rings (SSSR count). The number of carbonyl (C=O) groups excluding carboxylic acids is 1. The molecule has 0 aliphatic heterocycles. The SMILES string of the molecule is CCN(CC)c1ccc(C(=O)NC(Cc2ccccc2)CN(C)C)cc1. The number of anilines is 1. The number of hydrogen-bond donors (Lipinski definition) is 1. The van der Waals surface area contributed by atoms with Gasteiger partial charge in [0, 0.05) is 36.9 Å². The summed E-state index contributed by atoms with van der Waals surface area (Å²) >= 11 is 0. The van der Waals surface area contributed by atoms with Crippen LogP contribution in [-0.4, -0.2) is 50.6 Å². The van der Waals surface area contributed by atoms with E-state index in [9.17, 15) is 4.79 Å². The van der Waals surface area contributed by atoms with Crippen molar-refractivity contribution in [1.29, 1.82) is 0 Å². The molecule has 0 bridgehead atoms. The molecule has 26 heavy (non-hydrogen) atoms. The van der Waals surface area contributed by atoms with Crippen molar-refractivity contribution in [1.82, 2.24) is 10.2 Å². The Labute approximate surface area is 157 Å². The van der Waals surface area contributed by atoms with Crippen molar-refractivity contribution < 1.29 is 4.79 Å². The van der Waals surface area contributed by atoms with Crippen LogP contribution in [-0.2, 0) is 6.42 Å². The van der Waals surface area contributed by atoms with Gasteiger partial charge < -0.3 is 15.1 Å². The Balaban J connectivity index is 2.06. The molecule has 0 spiro atoms. The zero-order chi connectivity index (χ0) is 18.9. The van der Waals surface area contributed by atoms with Crippen LogP contribution in [0, 0.1) is 0 Å². The van der Waals surface area contributed by atoms with E-state index < -0.39 is 0 Å². The largest absolute Gasteiger partial charge is 0.372 e. The van der Waals surface area contributed by atoms with Gasteiger partial charge in [0.15, 0.2) is 0 Å². The number of carbonyl (C=O) groups is 1. The lowest BCUT2D eigenvalue weighted by Crippen LogP contribution is -2.43. The third-order valence-corrected chi connectivity index (χ3v) is 4.50. The first kappa shape index (κ1) is 20.0. The van der Waals surface area contributed by atoms with Gasteiger partial charge in [0.2, 0.25) is 0 Å². The van der Waals surface area contributed by atoms with Crippen LogP contribution in [0.4, 0.5) is 5.69 Å². The number of amides is 1. The molecular formula is C22H31N3O. The maximum absolute atomic E-state index is 12.7. The summed E-state index contributed by atoms with van der Waals surface area (Å²) in [6.45, 7) is 7.01. The van der Waals surface area contributed by atoms with E-state index in [1.165, 1.54) is 5.56 Å². The summed E-state index contributed by atoms with van der Waals surface area (Å²) in [5.41, 5.74) is 3.09. The number of benzene rings is 2. The second-order valence-corrected chi connectivity index (χ2v) is 6.84. The molecule has 2 aromatic carbocycles. The highest BCUT2D eigenvalue weighted by Crippen LogP contribution is 2.15. The predicted molar refractivity (Wildman–Crippen MR) is 110 cm³/mol. The second-order valence-electron chi connectivity index (χ2n) is 6.84. The Morgan fingerprint density at radius 1 is 0.962 bits per heavy atom. The first-order valence-electron chi connectivity index (χ1n) is 9.38. The molecule has 2 aromatic rings. The Hall–Kier alpha value is -2.33. The molecule has 1 unspecified atom stereocenters. The highest BCUT2D eigenvalue weighted by molar-refractivity contribution is 5.94. The van der Waals surface area contributed by atoms with Crippen LogP contribution in [0.15, 0.2) is 54.6 Å². The third kappa shape index (κ3) is 5.88. The summed E-state index contributed by atoms with van der Waals surface area (Å²) < 4.78 is 0. The van der Waals surface area contributed by atoms with Crippen LogP contribution < -0.4 is 10.2 Å². The fourth-order valence-electron chi connectivity index (χ4n) is 3.18. The average Bonchev–Trinajstić information content (AvgIpc) is 2.63. The maximum Gasteiger partial charge on any atom is 0.251 e. The van der Waals surface area contributed by atoms with Gasteiger partial charge in [0.05, 0.1) is 0 Å². The fourth-order valence-corrected chi connectivity index (χ4v) is 3.18. The van der Waals surface area contributed by atoms with Crippen molar-refractivity contribution in [2.45, 2.75) is 26.3 Å². The normalized spacial score (nSPS) is 12.0. The second kappa shape index (κ2) is 9.97. The van der Waals surface area contributed by atoms with Crippen LogP contribution in [0.5, 0.6) is 0 Å². The molecule has 0 heterocycles. The third-order valence-electron chi connectivity index (χ3n) is 4.50. The molecule has 4 heteroatoms. The molecule has 0 aliphatic carbocycles. The lowest BCUT2D eigenvalue weighted by atomic mass is 10.0. The standard InChI is InChI=1S/C22H31N3O/c1-5-25(6-2)21-14-12-19(13-15-21)22(26)23-20(17-24(3)4)16-18-10-8-7-9-11-18/h7-15,20H,5-6,16-17H2,1-4H3,(H,23,26). The Morgan fingerprint density at radius 2 is 1.58 bits per heavy atom. The molecule has 0 radical (unpaired) electrons. The molecule has 1 amide bonds. The molecule has 0 fully saturated rings. The molecule has 0 aliphatic rings. The number of hydrogen-bond acceptors (Lipinski definition) is 3. The van der Waals surface area contributed by atoms with Crippen molar-refractivity contribution in [2.24, 2.45) is 0 Å². The van der Waals surface area contributed by atoms with E-state index in [4.69, 9.17) is 0 Å². The first-order chi connectivity index (χ1) is 12.5. The van der Waals surface area contributed by atoms with E-state index in [2.05, 4.69) is 41.1 Å². The highest BCUT2D eigenvalue weighted by atomic mass is 16.1. The molecule has 1 atom stereocenters. The van der Waals surface area contributed by atoms with Crippen LogP contribution >= 0.6 is 0 Å². The van der Waals surface area contributed by atoms with Crippen molar-refractivity contribution >= 4 is 11.6 Å². The first-order valence-corrected chi connectivity index (χ1v) is 9.38. The topological polar surface area (TPSA) is 35.6 Å². The summed E-state index contributed by atoms with van der Waals surface area (Å²) in [4.78, 5) is 17.1. The van der Waals surface area contributed by atoms with Crippen molar-refractivity contribution in [3.63, 3.8) is 0 Å². The molecule has 140 valence electrons. The van der Waals surface area contributed by atoms with Crippen molar-refractivity contribution in [2.75, 3.05) is 38.6 Å². The molecule has 0 saturated carbocycles. The minimum Gasteiger partial charge on any atom is -0.372 e. The lowest BCUT2D eigenvalue weighted by Gasteiger charge is -2.23. The Morgan fingerprint density at radius 3 is 2.12 bits per heavy atom. The Bertz CT molecular complexity index is 664.